The van der Waals surface area contributed by atoms with Crippen LogP contribution in [0.4, 0.5) is 10.6 Å². The van der Waals surface area contributed by atoms with Crippen LogP contribution < -0.4 is 4.90 Å². The summed E-state index contributed by atoms with van der Waals surface area (Å²) in [5.41, 5.74) is 0.762. The second kappa shape index (κ2) is 9.46. The highest BCUT2D eigenvalue weighted by molar-refractivity contribution is 5.87. The van der Waals surface area contributed by atoms with E-state index in [1.54, 1.807) is 4.90 Å². The van der Waals surface area contributed by atoms with Gasteiger partial charge in [0.1, 0.15) is 11.4 Å². The molecule has 2 fully saturated rings. The summed E-state index contributed by atoms with van der Waals surface area (Å²) >= 11 is 0. The van der Waals surface area contributed by atoms with Crippen LogP contribution in [0.5, 0.6) is 0 Å². The van der Waals surface area contributed by atoms with E-state index in [9.17, 15) is 4.79 Å². The molecular weight excluding hydrogens is 362 g/mol. The van der Waals surface area contributed by atoms with E-state index in [-0.39, 0.29) is 12.1 Å². The summed E-state index contributed by atoms with van der Waals surface area (Å²) in [6.07, 6.45) is 9.82. The van der Waals surface area contributed by atoms with E-state index in [4.69, 9.17) is 9.72 Å². The second-order valence-corrected chi connectivity index (χ2v) is 10.1. The first-order valence-electron chi connectivity index (χ1n) is 11.5. The number of rotatable bonds is 5. The van der Waals surface area contributed by atoms with Crippen molar-refractivity contribution in [3.05, 3.63) is 23.9 Å². The molecule has 3 rings (SSSR count). The Kier molecular flexibility index (Phi) is 7.20. The van der Waals surface area contributed by atoms with E-state index in [0.717, 1.165) is 44.6 Å². The molecule has 1 aromatic heterocycles. The average molecular weight is 402 g/mol. The van der Waals surface area contributed by atoms with Crippen molar-refractivity contribution in [3.8, 4) is 0 Å². The van der Waals surface area contributed by atoms with Crippen molar-refractivity contribution in [3.63, 3.8) is 0 Å². The lowest BCUT2D eigenvalue weighted by Gasteiger charge is -2.37. The summed E-state index contributed by atoms with van der Waals surface area (Å²) in [5, 5.41) is 0. The van der Waals surface area contributed by atoms with Crippen molar-refractivity contribution >= 4 is 11.9 Å². The van der Waals surface area contributed by atoms with Crippen molar-refractivity contribution in [2.75, 3.05) is 18.0 Å². The maximum absolute atomic E-state index is 13.0. The topological polar surface area (TPSA) is 45.7 Å². The largest absolute Gasteiger partial charge is 0.443 e. The van der Waals surface area contributed by atoms with Crippen LogP contribution in [0.2, 0.25) is 0 Å². The minimum Gasteiger partial charge on any atom is -0.443 e. The lowest BCUT2D eigenvalue weighted by molar-refractivity contribution is 0.0564. The predicted octanol–water partition coefficient (Wildman–Crippen LogP) is 5.95. The van der Waals surface area contributed by atoms with E-state index in [1.807, 2.05) is 33.0 Å². The Bertz CT molecular complexity index is 660. The number of anilines is 1. The number of amides is 1. The molecular formula is C24H39N3O2. The molecule has 2 aliphatic rings. The van der Waals surface area contributed by atoms with Gasteiger partial charge in [0, 0.05) is 24.8 Å². The van der Waals surface area contributed by atoms with Gasteiger partial charge >= 0.3 is 6.09 Å². The number of hydrogen-bond acceptors (Lipinski definition) is 4. The smallest absolute Gasteiger partial charge is 0.416 e. The lowest BCUT2D eigenvalue weighted by Crippen LogP contribution is -2.43. The van der Waals surface area contributed by atoms with E-state index >= 15 is 0 Å². The molecule has 0 radical (unpaired) electrons. The summed E-state index contributed by atoms with van der Waals surface area (Å²) < 4.78 is 5.71. The van der Waals surface area contributed by atoms with Gasteiger partial charge in [-0.15, -0.1) is 0 Å². The number of nitrogens with zero attached hydrogens (tertiary/aromatic N) is 3. The molecule has 1 aliphatic heterocycles. The van der Waals surface area contributed by atoms with E-state index in [1.165, 1.54) is 24.8 Å². The van der Waals surface area contributed by atoms with Gasteiger partial charge in [-0.2, -0.15) is 0 Å². The molecule has 2 heterocycles. The summed E-state index contributed by atoms with van der Waals surface area (Å²) in [6, 6.07) is 4.84. The van der Waals surface area contributed by atoms with Crippen molar-refractivity contribution in [2.24, 2.45) is 5.92 Å². The molecule has 5 nitrogen and oxygen atoms in total. The van der Waals surface area contributed by atoms with Crippen LogP contribution in [0.3, 0.4) is 0 Å². The zero-order valence-electron chi connectivity index (χ0n) is 19.0. The summed E-state index contributed by atoms with van der Waals surface area (Å²) in [7, 11) is 0. The third-order valence-electron chi connectivity index (χ3n) is 5.90. The van der Waals surface area contributed by atoms with Gasteiger partial charge in [0.05, 0.1) is 0 Å². The van der Waals surface area contributed by atoms with Crippen LogP contribution in [0.1, 0.15) is 91.2 Å². The molecule has 1 aliphatic carbocycles. The molecule has 1 saturated carbocycles. The van der Waals surface area contributed by atoms with Gasteiger partial charge in [-0.1, -0.05) is 39.2 Å². The van der Waals surface area contributed by atoms with E-state index < -0.39 is 5.60 Å². The lowest BCUT2D eigenvalue weighted by atomic mass is 9.95. The third kappa shape index (κ3) is 5.94. The molecule has 1 atom stereocenters. The van der Waals surface area contributed by atoms with Gasteiger partial charge in [0.25, 0.3) is 0 Å². The van der Waals surface area contributed by atoms with Gasteiger partial charge in [0.2, 0.25) is 0 Å². The van der Waals surface area contributed by atoms with Gasteiger partial charge in [0.15, 0.2) is 0 Å². The molecule has 162 valence electrons. The Hall–Kier alpha value is -1.62. The normalized spacial score (nSPS) is 21.5. The van der Waals surface area contributed by atoms with E-state index in [0.29, 0.717) is 12.0 Å². The molecule has 1 aromatic rings. The highest BCUT2D eigenvalue weighted by atomic mass is 16.6. The number of hydrogen-bond donors (Lipinski definition) is 0. The summed E-state index contributed by atoms with van der Waals surface area (Å²) in [5.74, 6) is 1.38. The van der Waals surface area contributed by atoms with Crippen molar-refractivity contribution in [2.45, 2.75) is 97.2 Å². The molecule has 0 spiro atoms. The highest BCUT2D eigenvalue weighted by Gasteiger charge is 2.33. The number of aromatic nitrogens is 1. The molecule has 1 amide bonds. The van der Waals surface area contributed by atoms with E-state index in [2.05, 4.69) is 24.8 Å². The van der Waals surface area contributed by atoms with Crippen molar-refractivity contribution in [1.82, 2.24) is 9.88 Å². The van der Waals surface area contributed by atoms with Crippen molar-refractivity contribution < 1.29 is 9.53 Å². The maximum atomic E-state index is 13.0. The fourth-order valence-corrected chi connectivity index (χ4v) is 4.70. The minimum atomic E-state index is -0.507. The fraction of sp³-hybridized carbons (Fsp3) is 0.750. The molecule has 0 N–H and O–H groups in total. The third-order valence-corrected chi connectivity index (χ3v) is 5.90. The van der Waals surface area contributed by atoms with Crippen LogP contribution in [-0.2, 0) is 4.74 Å². The van der Waals surface area contributed by atoms with Gasteiger partial charge in [-0.05, 0) is 70.5 Å². The Balaban J connectivity index is 1.80. The fourth-order valence-electron chi connectivity index (χ4n) is 4.70. The second-order valence-electron chi connectivity index (χ2n) is 10.1. The summed E-state index contributed by atoms with van der Waals surface area (Å²) in [6.45, 7) is 12.6. The molecule has 29 heavy (non-hydrogen) atoms. The zero-order valence-corrected chi connectivity index (χ0v) is 19.0. The Morgan fingerprint density at radius 3 is 2.45 bits per heavy atom. The average Bonchev–Trinajstić information content (AvgIpc) is 3.15. The number of piperidine rings is 1. The first-order chi connectivity index (χ1) is 13.7. The standard InChI is InChI=1S/C24H39N3O2/c1-18(2)17-26-15-9-8-12-21(26)19-13-14-22(25-16-19)27(20-10-6-7-11-20)23(28)29-24(3,4)5/h13-14,16,18,20-21H,6-12,15,17H2,1-5H3/t21-/m0/s1. The van der Waals surface area contributed by atoms with Crippen LogP contribution in [-0.4, -0.2) is 40.7 Å². The Labute approximate surface area is 176 Å². The van der Waals surface area contributed by atoms with Crippen LogP contribution >= 0.6 is 0 Å². The predicted molar refractivity (Wildman–Crippen MR) is 118 cm³/mol. The maximum Gasteiger partial charge on any atom is 0.416 e. The van der Waals surface area contributed by atoms with Crippen LogP contribution in [0.15, 0.2) is 18.3 Å². The molecule has 0 unspecified atom stereocenters. The molecule has 0 bridgehead atoms. The van der Waals surface area contributed by atoms with Crippen LogP contribution in [0.25, 0.3) is 0 Å². The Morgan fingerprint density at radius 2 is 1.86 bits per heavy atom. The summed E-state index contributed by atoms with van der Waals surface area (Å²) in [4.78, 5) is 22.1. The monoisotopic (exact) mass is 401 g/mol. The molecule has 1 saturated heterocycles. The first-order valence-corrected chi connectivity index (χ1v) is 11.5. The SMILES string of the molecule is CC(C)CN1CCCC[C@H]1c1ccc(N(C(=O)OC(C)(C)C)C2CCCC2)nc1. The highest BCUT2D eigenvalue weighted by Crippen LogP contribution is 2.33. The molecule has 0 aromatic carbocycles. The van der Waals surface area contributed by atoms with Crippen LogP contribution in [0, 0.1) is 5.92 Å². The number of pyridine rings is 1. The first kappa shape index (κ1) is 22.1. The Morgan fingerprint density at radius 1 is 1.17 bits per heavy atom. The number of likely N-dealkylation sites (tertiary alicyclic amines) is 1. The number of carbonyl (C=O) groups is 1. The zero-order chi connectivity index (χ0) is 21.0. The molecule has 5 heteroatoms. The number of ether oxygens (including phenoxy) is 1. The number of carbonyl (C=O) groups excluding carboxylic acids is 1. The van der Waals surface area contributed by atoms with Crippen molar-refractivity contribution in [1.29, 1.82) is 0 Å². The van der Waals surface area contributed by atoms with Gasteiger partial charge < -0.3 is 4.74 Å². The van der Waals surface area contributed by atoms with Gasteiger partial charge in [-0.25, -0.2) is 9.78 Å². The van der Waals surface area contributed by atoms with Gasteiger partial charge in [-0.3, -0.25) is 9.80 Å². The quantitative estimate of drug-likeness (QED) is 0.612. The minimum absolute atomic E-state index is 0.190.